The summed E-state index contributed by atoms with van der Waals surface area (Å²) in [5.41, 5.74) is 0. The molecule has 0 radical (unpaired) electrons. The number of aliphatic carboxylic acids is 1. The third-order valence-electron chi connectivity index (χ3n) is 3.83. The quantitative estimate of drug-likeness (QED) is 0.322. The molecule has 0 aromatic heterocycles. The molecule has 1 N–H and O–H groups in total. The second kappa shape index (κ2) is 14.5. The summed E-state index contributed by atoms with van der Waals surface area (Å²) in [4.78, 5) is 10.3. The first kappa shape index (κ1) is 21.2. The van der Waals surface area contributed by atoms with Gasteiger partial charge in [0.25, 0.3) is 0 Å². The molecule has 1 fully saturated rings. The van der Waals surface area contributed by atoms with E-state index in [1.165, 1.54) is 0 Å². The van der Waals surface area contributed by atoms with E-state index in [9.17, 15) is 4.79 Å². The molecule has 0 saturated carbocycles. The first-order chi connectivity index (χ1) is 12.2. The second-order valence-corrected chi connectivity index (χ2v) is 6.09. The van der Waals surface area contributed by atoms with Crippen LogP contribution in [0.4, 0.5) is 0 Å². The summed E-state index contributed by atoms with van der Waals surface area (Å²) in [6.45, 7) is 2.15. The van der Waals surface area contributed by atoms with Gasteiger partial charge in [-0.15, -0.1) is 0 Å². The van der Waals surface area contributed by atoms with Gasteiger partial charge in [0, 0.05) is 6.42 Å². The number of epoxide rings is 1. The molecule has 0 bridgehead atoms. The molecule has 1 aliphatic rings. The number of carboxylic acid groups (broad SMARTS) is 1. The SMILES string of the molecule is CCC=CCC=CCC1OC1CC=CCC=CCC=CCCC(=O)O. The van der Waals surface area contributed by atoms with Crippen molar-refractivity contribution in [1.29, 1.82) is 0 Å². The van der Waals surface area contributed by atoms with Gasteiger partial charge in [-0.3, -0.25) is 4.79 Å². The topological polar surface area (TPSA) is 49.8 Å². The maximum absolute atomic E-state index is 10.3. The lowest BCUT2D eigenvalue weighted by molar-refractivity contribution is -0.136. The minimum atomic E-state index is -0.743. The molecular weight excluding hydrogens is 312 g/mol. The number of hydrogen-bond donors (Lipinski definition) is 1. The fourth-order valence-corrected chi connectivity index (χ4v) is 2.36. The molecule has 1 aliphatic heterocycles. The number of hydrogen-bond acceptors (Lipinski definition) is 2. The van der Waals surface area contributed by atoms with Crippen molar-refractivity contribution in [3.63, 3.8) is 0 Å². The van der Waals surface area contributed by atoms with Crippen LogP contribution in [0.15, 0.2) is 60.8 Å². The third kappa shape index (κ3) is 13.1. The standard InChI is InChI=1S/C22H32O3/c1-2-3-4-5-11-14-17-20-21(25-20)18-15-12-9-7-6-8-10-13-16-19-22(23)24/h3-4,6-7,10-15,20-21H,2,5,8-9,16-19H2,1H3,(H,23,24). The molecule has 3 heteroatoms. The number of rotatable bonds is 14. The normalized spacial score (nSPS) is 20.8. The number of allylic oxidation sites excluding steroid dienone is 8. The Morgan fingerprint density at radius 3 is 1.80 bits per heavy atom. The van der Waals surface area contributed by atoms with E-state index in [1.54, 1.807) is 0 Å². The Kier molecular flexibility index (Phi) is 12.3. The smallest absolute Gasteiger partial charge is 0.303 e. The molecular formula is C22H32O3. The predicted octanol–water partition coefficient (Wildman–Crippen LogP) is 5.76. The molecule has 0 aromatic rings. The highest BCUT2D eigenvalue weighted by molar-refractivity contribution is 5.66. The van der Waals surface area contributed by atoms with Gasteiger partial charge < -0.3 is 9.84 Å². The summed E-state index contributed by atoms with van der Waals surface area (Å²) in [7, 11) is 0. The zero-order valence-electron chi connectivity index (χ0n) is 15.3. The number of ether oxygens (including phenoxy) is 1. The maximum Gasteiger partial charge on any atom is 0.303 e. The maximum atomic E-state index is 10.3. The molecule has 25 heavy (non-hydrogen) atoms. The van der Waals surface area contributed by atoms with E-state index in [1.807, 2.05) is 12.2 Å². The van der Waals surface area contributed by atoms with Crippen molar-refractivity contribution in [1.82, 2.24) is 0 Å². The highest BCUT2D eigenvalue weighted by atomic mass is 16.6. The number of carbonyl (C=O) groups is 1. The van der Waals surface area contributed by atoms with Crippen molar-refractivity contribution in [2.75, 3.05) is 0 Å². The van der Waals surface area contributed by atoms with Gasteiger partial charge in [0.2, 0.25) is 0 Å². The molecule has 2 atom stereocenters. The monoisotopic (exact) mass is 344 g/mol. The van der Waals surface area contributed by atoms with Gasteiger partial charge in [-0.05, 0) is 44.9 Å². The van der Waals surface area contributed by atoms with Crippen molar-refractivity contribution < 1.29 is 14.6 Å². The van der Waals surface area contributed by atoms with Crippen LogP contribution >= 0.6 is 0 Å². The van der Waals surface area contributed by atoms with Gasteiger partial charge in [-0.2, -0.15) is 0 Å². The molecule has 0 spiro atoms. The average molecular weight is 344 g/mol. The molecule has 0 aromatic carbocycles. The lowest BCUT2D eigenvalue weighted by atomic mass is 10.1. The van der Waals surface area contributed by atoms with Crippen LogP contribution in [0.1, 0.15) is 58.3 Å². The Morgan fingerprint density at radius 2 is 1.28 bits per heavy atom. The van der Waals surface area contributed by atoms with Gasteiger partial charge in [-0.1, -0.05) is 67.7 Å². The van der Waals surface area contributed by atoms with Gasteiger partial charge >= 0.3 is 5.97 Å². The Bertz CT molecular complexity index is 497. The summed E-state index contributed by atoms with van der Waals surface area (Å²) in [5.74, 6) is -0.743. The fraction of sp³-hybridized carbons (Fsp3) is 0.500. The third-order valence-corrected chi connectivity index (χ3v) is 3.83. The first-order valence-electron chi connectivity index (χ1n) is 9.36. The molecule has 3 nitrogen and oxygen atoms in total. The van der Waals surface area contributed by atoms with E-state index in [0.29, 0.717) is 18.6 Å². The summed E-state index contributed by atoms with van der Waals surface area (Å²) in [5, 5.41) is 8.51. The lowest BCUT2D eigenvalue weighted by Gasteiger charge is -1.88. The van der Waals surface area contributed by atoms with E-state index in [4.69, 9.17) is 9.84 Å². The van der Waals surface area contributed by atoms with Crippen LogP contribution in [-0.2, 0) is 9.53 Å². The fourth-order valence-electron chi connectivity index (χ4n) is 2.36. The van der Waals surface area contributed by atoms with Gasteiger partial charge in [0.1, 0.15) is 0 Å². The summed E-state index contributed by atoms with van der Waals surface area (Å²) in [6, 6.07) is 0. The highest BCUT2D eigenvalue weighted by Gasteiger charge is 2.35. The Balaban J connectivity index is 1.96. The summed E-state index contributed by atoms with van der Waals surface area (Å²) < 4.78 is 5.65. The van der Waals surface area contributed by atoms with E-state index >= 15 is 0 Å². The lowest BCUT2D eigenvalue weighted by Crippen LogP contribution is -1.91. The van der Waals surface area contributed by atoms with E-state index in [0.717, 1.165) is 38.5 Å². The van der Waals surface area contributed by atoms with Gasteiger partial charge in [0.05, 0.1) is 12.2 Å². The Morgan fingerprint density at radius 1 is 0.800 bits per heavy atom. The van der Waals surface area contributed by atoms with Crippen LogP contribution in [0.2, 0.25) is 0 Å². The van der Waals surface area contributed by atoms with Gasteiger partial charge in [0.15, 0.2) is 0 Å². The van der Waals surface area contributed by atoms with Crippen molar-refractivity contribution in [3.05, 3.63) is 60.8 Å². The average Bonchev–Trinajstić information content (AvgIpc) is 3.34. The molecule has 138 valence electrons. The second-order valence-electron chi connectivity index (χ2n) is 6.09. The van der Waals surface area contributed by atoms with Crippen molar-refractivity contribution in [2.24, 2.45) is 0 Å². The first-order valence-corrected chi connectivity index (χ1v) is 9.36. The predicted molar refractivity (Wildman–Crippen MR) is 105 cm³/mol. The zero-order valence-corrected chi connectivity index (χ0v) is 15.3. The minimum Gasteiger partial charge on any atom is -0.481 e. The Hall–Kier alpha value is -1.87. The molecule has 0 aliphatic carbocycles. The van der Waals surface area contributed by atoms with E-state index in [2.05, 4.69) is 55.5 Å². The van der Waals surface area contributed by atoms with Crippen molar-refractivity contribution >= 4 is 5.97 Å². The van der Waals surface area contributed by atoms with Crippen molar-refractivity contribution in [2.45, 2.75) is 70.5 Å². The highest BCUT2D eigenvalue weighted by Crippen LogP contribution is 2.29. The van der Waals surface area contributed by atoms with Crippen LogP contribution in [0, 0.1) is 0 Å². The van der Waals surface area contributed by atoms with Crippen LogP contribution in [-0.4, -0.2) is 23.3 Å². The van der Waals surface area contributed by atoms with Crippen LogP contribution in [0.25, 0.3) is 0 Å². The molecule has 1 heterocycles. The van der Waals surface area contributed by atoms with Crippen LogP contribution in [0.5, 0.6) is 0 Å². The molecule has 1 saturated heterocycles. The van der Waals surface area contributed by atoms with Crippen LogP contribution < -0.4 is 0 Å². The van der Waals surface area contributed by atoms with Crippen molar-refractivity contribution in [3.8, 4) is 0 Å². The van der Waals surface area contributed by atoms with Crippen LogP contribution in [0.3, 0.4) is 0 Å². The van der Waals surface area contributed by atoms with Gasteiger partial charge in [-0.25, -0.2) is 0 Å². The summed E-state index contributed by atoms with van der Waals surface area (Å²) >= 11 is 0. The molecule has 0 amide bonds. The minimum absolute atomic E-state index is 0.207. The van der Waals surface area contributed by atoms with E-state index < -0.39 is 5.97 Å². The Labute approximate surface area is 152 Å². The molecule has 1 rings (SSSR count). The largest absolute Gasteiger partial charge is 0.481 e. The molecule has 2 unspecified atom stereocenters. The number of carboxylic acids is 1. The summed E-state index contributed by atoms with van der Waals surface area (Å²) in [6.07, 6.45) is 28.9. The van der Waals surface area contributed by atoms with E-state index in [-0.39, 0.29) is 6.42 Å². The zero-order chi connectivity index (χ0) is 18.2.